The number of para-hydroxylation sites is 1. The largest absolute Gasteiger partial charge is 0.469 e. The minimum absolute atomic E-state index is 0.0282. The first kappa shape index (κ1) is 22.0. The number of nitrogens with one attached hydrogen (secondary N) is 1. The molecule has 0 spiro atoms. The SMILES string of the molecule is O=C(Cn1c2c(sc1=O)[C@@H](c1ccco1)[C@@H]1[C@H]3CC[C@@H](C3)[C@H]1S2)Nc1ccccc1C(F)(F)F. The van der Waals surface area contributed by atoms with Gasteiger partial charge in [-0.3, -0.25) is 14.2 Å². The third-order valence-corrected chi connectivity index (χ3v) is 10.2. The molecule has 2 aliphatic carbocycles. The molecular weight excluding hydrogens is 485 g/mol. The van der Waals surface area contributed by atoms with Crippen LogP contribution in [0, 0.1) is 17.8 Å². The second kappa shape index (κ2) is 8.05. The van der Waals surface area contributed by atoms with Gasteiger partial charge in [0.25, 0.3) is 0 Å². The van der Waals surface area contributed by atoms with Gasteiger partial charge >= 0.3 is 11.0 Å². The van der Waals surface area contributed by atoms with E-state index in [1.165, 1.54) is 42.0 Å². The topological polar surface area (TPSA) is 64.2 Å². The van der Waals surface area contributed by atoms with Crippen molar-refractivity contribution in [2.24, 2.45) is 17.8 Å². The maximum Gasteiger partial charge on any atom is 0.418 e. The van der Waals surface area contributed by atoms with Gasteiger partial charge < -0.3 is 9.73 Å². The number of halogens is 3. The maximum absolute atomic E-state index is 13.3. The molecule has 3 aromatic rings. The summed E-state index contributed by atoms with van der Waals surface area (Å²) in [4.78, 5) is 26.4. The van der Waals surface area contributed by atoms with E-state index in [0.29, 0.717) is 23.0 Å². The number of thiazole rings is 1. The van der Waals surface area contributed by atoms with E-state index < -0.39 is 17.6 Å². The Labute approximate surface area is 201 Å². The second-order valence-corrected chi connectivity index (χ2v) is 11.4. The van der Waals surface area contributed by atoms with Crippen molar-refractivity contribution in [3.63, 3.8) is 0 Å². The van der Waals surface area contributed by atoms with Gasteiger partial charge in [0, 0.05) is 5.25 Å². The average Bonchev–Trinajstić information content (AvgIpc) is 3.58. The van der Waals surface area contributed by atoms with Crippen molar-refractivity contribution in [1.82, 2.24) is 4.57 Å². The molecule has 1 N–H and O–H groups in total. The van der Waals surface area contributed by atoms with Crippen molar-refractivity contribution in [2.45, 2.75) is 48.2 Å². The molecule has 10 heteroatoms. The molecule has 2 bridgehead atoms. The number of rotatable bonds is 4. The molecule has 5 atom stereocenters. The number of hydrogen-bond acceptors (Lipinski definition) is 5. The first-order chi connectivity index (χ1) is 16.3. The number of hydrogen-bond donors (Lipinski definition) is 1. The van der Waals surface area contributed by atoms with Crippen molar-refractivity contribution in [3.05, 3.63) is 68.5 Å². The van der Waals surface area contributed by atoms with Crippen LogP contribution in [0.3, 0.4) is 0 Å². The van der Waals surface area contributed by atoms with Gasteiger partial charge in [0.1, 0.15) is 12.3 Å². The van der Waals surface area contributed by atoms with Crippen molar-refractivity contribution in [3.8, 4) is 0 Å². The zero-order valence-corrected chi connectivity index (χ0v) is 19.5. The van der Waals surface area contributed by atoms with Crippen molar-refractivity contribution < 1.29 is 22.4 Å². The number of nitrogens with zero attached hydrogens (tertiary/aromatic N) is 1. The van der Waals surface area contributed by atoms with E-state index in [-0.39, 0.29) is 23.0 Å². The monoisotopic (exact) mass is 506 g/mol. The number of thioether (sulfide) groups is 1. The molecule has 1 aliphatic heterocycles. The molecule has 1 amide bonds. The Morgan fingerprint density at radius 2 is 1.94 bits per heavy atom. The first-order valence-electron chi connectivity index (χ1n) is 11.2. The predicted molar refractivity (Wildman–Crippen MR) is 123 cm³/mol. The molecule has 0 saturated heterocycles. The van der Waals surface area contributed by atoms with E-state index in [4.69, 9.17) is 4.42 Å². The minimum Gasteiger partial charge on any atom is -0.469 e. The molecule has 3 aliphatic rings. The lowest BCUT2D eigenvalue weighted by molar-refractivity contribution is -0.137. The molecule has 1 aromatic carbocycles. The molecule has 178 valence electrons. The normalized spacial score (nSPS) is 27.4. The highest BCUT2D eigenvalue weighted by molar-refractivity contribution is 8.00. The van der Waals surface area contributed by atoms with Gasteiger partial charge in [-0.15, -0.1) is 11.8 Å². The summed E-state index contributed by atoms with van der Waals surface area (Å²) in [5, 5.41) is 3.46. The van der Waals surface area contributed by atoms with Gasteiger partial charge in [-0.2, -0.15) is 13.2 Å². The summed E-state index contributed by atoms with van der Waals surface area (Å²) in [5.41, 5.74) is -1.23. The number of anilines is 1. The third-order valence-electron chi connectivity index (χ3n) is 7.35. The Bertz CT molecular complexity index is 1300. The summed E-state index contributed by atoms with van der Waals surface area (Å²) in [7, 11) is 0. The van der Waals surface area contributed by atoms with Crippen LogP contribution in [0.25, 0.3) is 0 Å². The van der Waals surface area contributed by atoms with E-state index in [1.54, 1.807) is 18.0 Å². The molecule has 34 heavy (non-hydrogen) atoms. The molecular formula is C24H21F3N2O3S2. The Morgan fingerprint density at radius 1 is 1.15 bits per heavy atom. The summed E-state index contributed by atoms with van der Waals surface area (Å²) in [6.45, 7) is -0.333. The molecule has 2 aromatic heterocycles. The van der Waals surface area contributed by atoms with Gasteiger partial charge in [0.15, 0.2) is 0 Å². The highest BCUT2D eigenvalue weighted by Gasteiger charge is 2.56. The number of furan rings is 1. The van der Waals surface area contributed by atoms with Crippen LogP contribution in [0.5, 0.6) is 0 Å². The predicted octanol–water partition coefficient (Wildman–Crippen LogP) is 5.81. The second-order valence-electron chi connectivity index (χ2n) is 9.20. The van der Waals surface area contributed by atoms with E-state index in [9.17, 15) is 22.8 Å². The van der Waals surface area contributed by atoms with Gasteiger partial charge in [-0.25, -0.2) is 0 Å². The summed E-state index contributed by atoms with van der Waals surface area (Å²) < 4.78 is 47.2. The standard InChI is InChI=1S/C24H21F3N2O3S2/c25-24(26,27)14-4-1-2-5-15(14)28-17(30)11-29-22-21(34-23(29)31)19(16-6-3-9-32-16)18-12-7-8-13(10-12)20(18)33-22/h1-6,9,12-13,18-20H,7-8,10-11H2,(H,28,30)/t12-,13-,18-,19-,20+/m0/s1. The highest BCUT2D eigenvalue weighted by atomic mass is 32.2. The molecule has 0 unspecified atom stereocenters. The number of benzene rings is 1. The maximum atomic E-state index is 13.3. The number of amides is 1. The fourth-order valence-electron chi connectivity index (χ4n) is 6.05. The van der Waals surface area contributed by atoms with Crippen LogP contribution in [0.4, 0.5) is 18.9 Å². The first-order valence-corrected chi connectivity index (χ1v) is 12.9. The van der Waals surface area contributed by atoms with Crippen LogP contribution in [0.2, 0.25) is 0 Å². The minimum atomic E-state index is -4.59. The Balaban J connectivity index is 1.33. The van der Waals surface area contributed by atoms with Crippen molar-refractivity contribution in [1.29, 1.82) is 0 Å². The van der Waals surface area contributed by atoms with Crippen LogP contribution < -0.4 is 10.2 Å². The number of alkyl halides is 3. The van der Waals surface area contributed by atoms with E-state index in [1.807, 2.05) is 12.1 Å². The van der Waals surface area contributed by atoms with E-state index in [0.717, 1.165) is 33.1 Å². The van der Waals surface area contributed by atoms with Gasteiger partial charge in [0.05, 0.1) is 33.3 Å². The number of fused-ring (bicyclic) bond motifs is 6. The zero-order chi connectivity index (χ0) is 23.6. The van der Waals surface area contributed by atoms with E-state index in [2.05, 4.69) is 5.32 Å². The van der Waals surface area contributed by atoms with Crippen LogP contribution in [0.15, 0.2) is 56.9 Å². The molecule has 0 radical (unpaired) electrons. The summed E-state index contributed by atoms with van der Waals surface area (Å²) in [5.74, 6) is 1.70. The van der Waals surface area contributed by atoms with Crippen LogP contribution >= 0.6 is 23.1 Å². The summed E-state index contributed by atoms with van der Waals surface area (Å²) in [6, 6.07) is 8.65. The fourth-order valence-corrected chi connectivity index (χ4v) is 9.18. The number of carbonyl (C=O) groups is 1. The molecule has 2 saturated carbocycles. The third kappa shape index (κ3) is 3.53. The fraction of sp³-hybridized carbons (Fsp3) is 0.417. The lowest BCUT2D eigenvalue weighted by atomic mass is 9.77. The quantitative estimate of drug-likeness (QED) is 0.485. The molecule has 2 fully saturated rings. The van der Waals surface area contributed by atoms with Crippen molar-refractivity contribution >= 4 is 34.7 Å². The Morgan fingerprint density at radius 3 is 2.71 bits per heavy atom. The van der Waals surface area contributed by atoms with Crippen LogP contribution in [0.1, 0.15) is 41.4 Å². The Kier molecular flexibility index (Phi) is 5.22. The molecule has 5 nitrogen and oxygen atoms in total. The van der Waals surface area contributed by atoms with Crippen LogP contribution in [-0.2, 0) is 17.5 Å². The van der Waals surface area contributed by atoms with Gasteiger partial charge in [0.2, 0.25) is 5.91 Å². The number of aromatic nitrogens is 1. The zero-order valence-electron chi connectivity index (χ0n) is 17.9. The highest BCUT2D eigenvalue weighted by Crippen LogP contribution is 2.64. The van der Waals surface area contributed by atoms with Crippen molar-refractivity contribution in [2.75, 3.05) is 5.32 Å². The Hall–Kier alpha value is -2.46. The lowest BCUT2D eigenvalue weighted by Gasteiger charge is -2.39. The smallest absolute Gasteiger partial charge is 0.418 e. The van der Waals surface area contributed by atoms with E-state index >= 15 is 0 Å². The van der Waals surface area contributed by atoms with Gasteiger partial charge in [-0.05, 0) is 61.3 Å². The number of carbonyl (C=O) groups excluding carboxylic acids is 1. The summed E-state index contributed by atoms with van der Waals surface area (Å²) >= 11 is 2.79. The molecule has 3 heterocycles. The summed E-state index contributed by atoms with van der Waals surface area (Å²) in [6.07, 6.45) is 0.584. The average molecular weight is 507 g/mol. The lowest BCUT2D eigenvalue weighted by Crippen LogP contribution is -2.34. The van der Waals surface area contributed by atoms with Gasteiger partial charge in [-0.1, -0.05) is 23.5 Å². The van der Waals surface area contributed by atoms with Crippen LogP contribution in [-0.4, -0.2) is 15.7 Å². The molecule has 6 rings (SSSR count).